The van der Waals surface area contributed by atoms with Crippen LogP contribution in [0.2, 0.25) is 0 Å². The Balaban J connectivity index is 0.937. The number of thiophene rings is 1. The molecule has 0 spiro atoms. The first kappa shape index (κ1) is 35.5. The van der Waals surface area contributed by atoms with Crippen molar-refractivity contribution in [1.29, 1.82) is 0 Å². The smallest absolute Gasteiger partial charge is 0.238 e. The van der Waals surface area contributed by atoms with Gasteiger partial charge < -0.3 is 4.57 Å². The quantitative estimate of drug-likeness (QED) is 0.168. The number of para-hydroxylation sites is 2. The minimum atomic E-state index is 0.580. The van der Waals surface area contributed by atoms with Crippen LogP contribution in [0.25, 0.3) is 121 Å². The Morgan fingerprint density at radius 1 is 0.333 bits per heavy atom. The second kappa shape index (κ2) is 14.2. The van der Waals surface area contributed by atoms with Crippen molar-refractivity contribution in [2.24, 2.45) is 0 Å². The Hall–Kier alpha value is -8.26. The number of hydrogen-bond acceptors (Lipinski definition) is 5. The fourth-order valence-electron chi connectivity index (χ4n) is 9.30. The molecule has 5 heterocycles. The van der Waals surface area contributed by atoms with E-state index >= 15 is 0 Å². The molecule has 0 aliphatic rings. The number of nitrogens with zero attached hydrogens (tertiary/aromatic N) is 6. The fraction of sp³-hybridized carbons (Fsp3) is 0. The number of fused-ring (bicyclic) bond motifs is 9. The van der Waals surface area contributed by atoms with Crippen LogP contribution in [0, 0.1) is 0 Å². The van der Waals surface area contributed by atoms with Gasteiger partial charge in [-0.3, -0.25) is 9.55 Å². The summed E-state index contributed by atoms with van der Waals surface area (Å²) in [6.45, 7) is 0. The van der Waals surface area contributed by atoms with E-state index < -0.39 is 0 Å². The topological polar surface area (TPSA) is 61.4 Å². The Kier molecular flexibility index (Phi) is 7.98. The Bertz CT molecular complexity index is 3860. The molecule has 6 nitrogen and oxygen atoms in total. The van der Waals surface area contributed by atoms with Crippen LogP contribution in [0.3, 0.4) is 0 Å². The van der Waals surface area contributed by atoms with Gasteiger partial charge in [-0.25, -0.2) is 4.98 Å². The predicted octanol–water partition coefficient (Wildman–Crippen LogP) is 14.5. The van der Waals surface area contributed by atoms with Crippen LogP contribution in [0.15, 0.2) is 206 Å². The molecule has 0 aliphatic carbocycles. The minimum absolute atomic E-state index is 0.580. The number of hydrogen-bond donors (Lipinski definition) is 0. The molecule has 0 amide bonds. The lowest BCUT2D eigenvalue weighted by molar-refractivity contribution is 0.953. The zero-order valence-corrected chi connectivity index (χ0v) is 34.5. The first-order valence-corrected chi connectivity index (χ1v) is 21.9. The second-order valence-corrected chi connectivity index (χ2v) is 17.0. The number of rotatable bonds is 6. The molecule has 0 saturated carbocycles. The van der Waals surface area contributed by atoms with Crippen LogP contribution in [0.1, 0.15) is 0 Å². The van der Waals surface area contributed by atoms with E-state index in [0.29, 0.717) is 17.6 Å². The standard InChI is InChI=1S/C56H34N6S/c1-3-13-35(14-4-1)54-58-55(36-15-5-2-6-16-36)60-56(59-54)62-48-22-10-8-20-43(48)45-32-39(25-28-49(45)62)37-17-11-18-38(31-37)40-24-27-44-42-19-7-9-21-47(42)61(50(44)33-40)41-26-29-51-46(34-41)53-52(63-51)23-12-30-57-53/h1-34H. The number of aromatic nitrogens is 6. The van der Waals surface area contributed by atoms with Crippen LogP contribution in [0.4, 0.5) is 0 Å². The van der Waals surface area contributed by atoms with E-state index in [1.54, 1.807) is 11.3 Å². The molecule has 7 heteroatoms. The van der Waals surface area contributed by atoms with Crippen LogP contribution in [0.5, 0.6) is 0 Å². The van der Waals surface area contributed by atoms with Crippen LogP contribution in [-0.2, 0) is 0 Å². The predicted molar refractivity (Wildman–Crippen MR) is 261 cm³/mol. The van der Waals surface area contributed by atoms with Crippen molar-refractivity contribution in [3.05, 3.63) is 206 Å². The van der Waals surface area contributed by atoms with Gasteiger partial charge in [0.1, 0.15) is 0 Å². The maximum Gasteiger partial charge on any atom is 0.238 e. The molecule has 13 rings (SSSR count). The summed E-state index contributed by atoms with van der Waals surface area (Å²) in [6, 6.07) is 71.0. The van der Waals surface area contributed by atoms with E-state index in [1.165, 1.54) is 36.6 Å². The molecule has 0 radical (unpaired) electrons. The second-order valence-electron chi connectivity index (χ2n) is 15.9. The third kappa shape index (κ3) is 5.78. The molecule has 294 valence electrons. The van der Waals surface area contributed by atoms with Crippen LogP contribution < -0.4 is 0 Å². The first-order chi connectivity index (χ1) is 31.2. The lowest BCUT2D eigenvalue weighted by atomic mass is 9.97. The van der Waals surface area contributed by atoms with Gasteiger partial charge in [0.25, 0.3) is 0 Å². The highest BCUT2D eigenvalue weighted by molar-refractivity contribution is 7.25. The summed E-state index contributed by atoms with van der Waals surface area (Å²) in [7, 11) is 0. The first-order valence-electron chi connectivity index (χ1n) is 21.0. The Labute approximate surface area is 365 Å². The summed E-state index contributed by atoms with van der Waals surface area (Å²) < 4.78 is 7.03. The molecule has 8 aromatic carbocycles. The molecule has 63 heavy (non-hydrogen) atoms. The average molecular weight is 823 g/mol. The molecular formula is C56H34N6S. The molecule has 13 aromatic rings. The van der Waals surface area contributed by atoms with E-state index in [2.05, 4.69) is 143 Å². The summed E-state index contributed by atoms with van der Waals surface area (Å²) in [6.07, 6.45) is 1.89. The van der Waals surface area contributed by atoms with Crippen LogP contribution in [-0.4, -0.2) is 29.1 Å². The van der Waals surface area contributed by atoms with Crippen molar-refractivity contribution >= 4 is 75.3 Å². The van der Waals surface area contributed by atoms with Crippen molar-refractivity contribution in [1.82, 2.24) is 29.1 Å². The van der Waals surface area contributed by atoms with Gasteiger partial charge in [-0.1, -0.05) is 133 Å². The van der Waals surface area contributed by atoms with E-state index in [1.807, 2.05) is 72.9 Å². The molecule has 0 atom stereocenters. The van der Waals surface area contributed by atoms with Gasteiger partial charge in [0.15, 0.2) is 11.6 Å². The van der Waals surface area contributed by atoms with Gasteiger partial charge in [0.2, 0.25) is 5.95 Å². The van der Waals surface area contributed by atoms with Gasteiger partial charge in [0.05, 0.1) is 32.3 Å². The highest BCUT2D eigenvalue weighted by Gasteiger charge is 2.19. The Morgan fingerprint density at radius 3 is 1.67 bits per heavy atom. The van der Waals surface area contributed by atoms with Crippen molar-refractivity contribution in [2.45, 2.75) is 0 Å². The van der Waals surface area contributed by atoms with Crippen LogP contribution >= 0.6 is 11.3 Å². The summed E-state index contributed by atoms with van der Waals surface area (Å²) >= 11 is 1.79. The monoisotopic (exact) mass is 822 g/mol. The van der Waals surface area contributed by atoms with E-state index in [-0.39, 0.29) is 0 Å². The van der Waals surface area contributed by atoms with Gasteiger partial charge >= 0.3 is 0 Å². The largest absolute Gasteiger partial charge is 0.309 e. The van der Waals surface area contributed by atoms with Crippen molar-refractivity contribution in [3.8, 4) is 56.7 Å². The molecule has 0 unspecified atom stereocenters. The molecule has 0 saturated heterocycles. The summed E-state index contributed by atoms with van der Waals surface area (Å²) in [4.78, 5) is 20.0. The van der Waals surface area contributed by atoms with Crippen molar-refractivity contribution in [2.75, 3.05) is 0 Å². The third-order valence-electron chi connectivity index (χ3n) is 12.2. The minimum Gasteiger partial charge on any atom is -0.309 e. The Morgan fingerprint density at radius 2 is 0.921 bits per heavy atom. The third-order valence-corrected chi connectivity index (χ3v) is 13.4. The summed E-state index contributed by atoms with van der Waals surface area (Å²) in [5, 5.41) is 5.92. The molecule has 5 aromatic heterocycles. The fourth-order valence-corrected chi connectivity index (χ4v) is 10.3. The van der Waals surface area contributed by atoms with Gasteiger partial charge in [-0.05, 0) is 89.0 Å². The number of pyridine rings is 1. The molecule has 0 aliphatic heterocycles. The van der Waals surface area contributed by atoms with Crippen molar-refractivity contribution < 1.29 is 0 Å². The molecular weight excluding hydrogens is 789 g/mol. The molecule has 0 bridgehead atoms. The average Bonchev–Trinajstić information content (AvgIpc) is 4.01. The highest BCUT2D eigenvalue weighted by Crippen LogP contribution is 2.40. The van der Waals surface area contributed by atoms with Gasteiger partial charge in [0, 0.05) is 54.6 Å². The lowest BCUT2D eigenvalue weighted by Gasteiger charge is -2.11. The summed E-state index contributed by atoms with van der Waals surface area (Å²) in [5.74, 6) is 1.84. The van der Waals surface area contributed by atoms with E-state index in [9.17, 15) is 0 Å². The lowest BCUT2D eigenvalue weighted by Crippen LogP contribution is -2.06. The normalized spacial score (nSPS) is 11.8. The highest BCUT2D eigenvalue weighted by atomic mass is 32.1. The maximum absolute atomic E-state index is 5.12. The number of benzene rings is 8. The SMILES string of the molecule is c1ccc(-c2nc(-c3ccccc3)nc(-n3c4ccccc4c4cc(-c5cccc(-c6ccc7c8ccccc8n(-c8ccc9sc%10cccnc%10c9c8)c7c6)c5)ccc43)n2)cc1. The summed E-state index contributed by atoms with van der Waals surface area (Å²) in [5.41, 5.74) is 13.1. The molecule has 0 N–H and O–H groups in total. The molecule has 0 fully saturated rings. The van der Waals surface area contributed by atoms with E-state index in [0.717, 1.165) is 66.4 Å². The zero-order valence-electron chi connectivity index (χ0n) is 33.7. The maximum atomic E-state index is 5.12. The van der Waals surface area contributed by atoms with Gasteiger partial charge in [-0.15, -0.1) is 11.3 Å². The van der Waals surface area contributed by atoms with E-state index in [4.69, 9.17) is 19.9 Å². The zero-order chi connectivity index (χ0) is 41.4. The van der Waals surface area contributed by atoms with Gasteiger partial charge in [-0.2, -0.15) is 9.97 Å². The van der Waals surface area contributed by atoms with Crippen molar-refractivity contribution in [3.63, 3.8) is 0 Å².